The lowest BCUT2D eigenvalue weighted by Crippen LogP contribution is -2.38. The number of fused-ring (bicyclic) bond motifs is 1. The Kier molecular flexibility index (Phi) is 6.30. The first-order chi connectivity index (χ1) is 13.9. The summed E-state index contributed by atoms with van der Waals surface area (Å²) in [5, 5.41) is 8.74. The third-order valence-corrected chi connectivity index (χ3v) is 6.66. The third-order valence-electron chi connectivity index (χ3n) is 6.66. The van der Waals surface area contributed by atoms with E-state index >= 15 is 0 Å². The summed E-state index contributed by atoms with van der Waals surface area (Å²) in [6, 6.07) is 5.59. The molecule has 156 valence electrons. The highest BCUT2D eigenvalue weighted by atomic mass is 19.1. The molecular weight excluding hydrogens is 372 g/mol. The maximum absolute atomic E-state index is 14.3. The van der Waals surface area contributed by atoms with Gasteiger partial charge in [0.15, 0.2) is 0 Å². The van der Waals surface area contributed by atoms with Gasteiger partial charge >= 0.3 is 0 Å². The van der Waals surface area contributed by atoms with Gasteiger partial charge in [0.1, 0.15) is 11.6 Å². The number of carbonyl (C=O) groups is 1. The molecule has 0 saturated heterocycles. The fourth-order valence-corrected chi connectivity index (χ4v) is 4.75. The highest BCUT2D eigenvalue weighted by molar-refractivity contribution is 5.76. The van der Waals surface area contributed by atoms with Crippen LogP contribution in [-0.2, 0) is 10.2 Å². The summed E-state index contributed by atoms with van der Waals surface area (Å²) in [7, 11) is 0. The molecule has 1 aliphatic rings. The number of aromatic nitrogens is 2. The minimum Gasteiger partial charge on any atom is -0.369 e. The fourth-order valence-electron chi connectivity index (χ4n) is 4.75. The maximum Gasteiger partial charge on any atom is 0.220 e. The second-order valence-electron chi connectivity index (χ2n) is 8.12. The van der Waals surface area contributed by atoms with Gasteiger partial charge in [-0.05, 0) is 68.2 Å². The molecule has 3 atom stereocenters. The van der Waals surface area contributed by atoms with Crippen LogP contribution >= 0.6 is 0 Å². The van der Waals surface area contributed by atoms with Gasteiger partial charge in [0.2, 0.25) is 5.91 Å². The van der Waals surface area contributed by atoms with Gasteiger partial charge in [-0.2, -0.15) is 10.2 Å². The van der Waals surface area contributed by atoms with Crippen molar-refractivity contribution in [3.05, 3.63) is 47.2 Å². The SMILES string of the molecule is CC[C@H](C[C@@]1(CC)CC[C@H](CC)c2cc(-c3c(F)cccc3F)nnc21)C(N)=O. The molecule has 0 saturated carbocycles. The second kappa shape index (κ2) is 8.56. The first kappa shape index (κ1) is 21.3. The minimum absolute atomic E-state index is 0.145. The molecule has 2 N–H and O–H groups in total. The number of hydrogen-bond donors (Lipinski definition) is 1. The Balaban J connectivity index is 2.13. The van der Waals surface area contributed by atoms with Crippen LogP contribution in [0.3, 0.4) is 0 Å². The van der Waals surface area contributed by atoms with Gasteiger partial charge in [-0.15, -0.1) is 0 Å². The molecule has 3 rings (SSSR count). The van der Waals surface area contributed by atoms with Crippen LogP contribution in [0.1, 0.15) is 76.5 Å². The van der Waals surface area contributed by atoms with Gasteiger partial charge in [-0.1, -0.05) is 26.8 Å². The number of nitrogens with two attached hydrogens (primary N) is 1. The van der Waals surface area contributed by atoms with Crippen molar-refractivity contribution in [2.24, 2.45) is 11.7 Å². The number of hydrogen-bond acceptors (Lipinski definition) is 3. The van der Waals surface area contributed by atoms with Crippen LogP contribution in [0.2, 0.25) is 0 Å². The lowest BCUT2D eigenvalue weighted by molar-refractivity contribution is -0.122. The van der Waals surface area contributed by atoms with E-state index < -0.39 is 11.6 Å². The molecule has 1 aromatic carbocycles. The van der Waals surface area contributed by atoms with Gasteiger partial charge in [-0.3, -0.25) is 4.79 Å². The fraction of sp³-hybridized carbons (Fsp3) is 0.522. The van der Waals surface area contributed by atoms with Crippen molar-refractivity contribution in [3.8, 4) is 11.3 Å². The topological polar surface area (TPSA) is 68.9 Å². The number of nitrogens with zero attached hydrogens (tertiary/aromatic N) is 2. The van der Waals surface area contributed by atoms with Gasteiger partial charge in [0.05, 0.1) is 17.0 Å². The third kappa shape index (κ3) is 3.89. The number of rotatable bonds is 7. The number of benzene rings is 1. The van der Waals surface area contributed by atoms with Crippen LogP contribution in [0.25, 0.3) is 11.3 Å². The van der Waals surface area contributed by atoms with E-state index in [1.54, 1.807) is 6.07 Å². The molecule has 1 aliphatic carbocycles. The van der Waals surface area contributed by atoms with Crippen LogP contribution < -0.4 is 5.73 Å². The highest BCUT2D eigenvalue weighted by Crippen LogP contribution is 2.49. The van der Waals surface area contributed by atoms with Crippen molar-refractivity contribution >= 4 is 5.91 Å². The monoisotopic (exact) mass is 401 g/mol. The Morgan fingerprint density at radius 2 is 1.93 bits per heavy atom. The zero-order valence-corrected chi connectivity index (χ0v) is 17.3. The summed E-state index contributed by atoms with van der Waals surface area (Å²) in [6.45, 7) is 6.17. The minimum atomic E-state index is -0.648. The van der Waals surface area contributed by atoms with Crippen LogP contribution in [0.15, 0.2) is 24.3 Å². The molecule has 0 radical (unpaired) electrons. The van der Waals surface area contributed by atoms with E-state index in [1.807, 2.05) is 6.92 Å². The molecule has 4 nitrogen and oxygen atoms in total. The molecule has 6 heteroatoms. The summed E-state index contributed by atoms with van der Waals surface area (Å²) < 4.78 is 28.6. The van der Waals surface area contributed by atoms with Crippen molar-refractivity contribution in [1.82, 2.24) is 10.2 Å². The molecular formula is C23H29F2N3O. The highest BCUT2D eigenvalue weighted by Gasteiger charge is 2.42. The Hall–Kier alpha value is -2.37. The molecule has 0 aliphatic heterocycles. The van der Waals surface area contributed by atoms with Crippen LogP contribution in [0.5, 0.6) is 0 Å². The largest absolute Gasteiger partial charge is 0.369 e. The average molecular weight is 402 g/mol. The summed E-state index contributed by atoms with van der Waals surface area (Å²) in [6.07, 6.45) is 4.86. The van der Waals surface area contributed by atoms with E-state index in [1.165, 1.54) is 18.2 Å². The normalized spacial score (nSPS) is 22.2. The van der Waals surface area contributed by atoms with E-state index in [0.717, 1.165) is 36.9 Å². The van der Waals surface area contributed by atoms with Crippen molar-refractivity contribution in [2.45, 2.75) is 70.6 Å². The molecule has 0 fully saturated rings. The van der Waals surface area contributed by atoms with Crippen LogP contribution in [0, 0.1) is 17.6 Å². The average Bonchev–Trinajstić information content (AvgIpc) is 2.71. The lowest BCUT2D eigenvalue weighted by Gasteiger charge is -2.41. The van der Waals surface area contributed by atoms with E-state index in [2.05, 4.69) is 24.0 Å². The second-order valence-corrected chi connectivity index (χ2v) is 8.12. The Bertz CT molecular complexity index is 881. The molecule has 29 heavy (non-hydrogen) atoms. The quantitative estimate of drug-likeness (QED) is 0.688. The van der Waals surface area contributed by atoms with E-state index in [0.29, 0.717) is 12.8 Å². The van der Waals surface area contributed by atoms with Gasteiger partial charge in [0, 0.05) is 11.3 Å². The lowest BCUT2D eigenvalue weighted by atomic mass is 9.63. The first-order valence-corrected chi connectivity index (χ1v) is 10.5. The van der Waals surface area contributed by atoms with Crippen LogP contribution in [-0.4, -0.2) is 16.1 Å². The van der Waals surface area contributed by atoms with Crippen molar-refractivity contribution in [2.75, 3.05) is 0 Å². The number of primary amides is 1. The van der Waals surface area contributed by atoms with Crippen molar-refractivity contribution < 1.29 is 13.6 Å². The van der Waals surface area contributed by atoms with Crippen molar-refractivity contribution in [3.63, 3.8) is 0 Å². The van der Waals surface area contributed by atoms with Crippen LogP contribution in [0.4, 0.5) is 8.78 Å². The van der Waals surface area contributed by atoms with Gasteiger partial charge in [0.25, 0.3) is 0 Å². The van der Waals surface area contributed by atoms with E-state index in [4.69, 9.17) is 5.73 Å². The van der Waals surface area contributed by atoms with E-state index in [-0.39, 0.29) is 34.4 Å². The first-order valence-electron chi connectivity index (χ1n) is 10.5. The molecule has 1 heterocycles. The van der Waals surface area contributed by atoms with Crippen molar-refractivity contribution in [1.29, 1.82) is 0 Å². The Morgan fingerprint density at radius 3 is 2.48 bits per heavy atom. The summed E-state index contributed by atoms with van der Waals surface area (Å²) in [5.74, 6) is -1.57. The standard InChI is InChI=1S/C23H29F2N3O/c1-4-14-10-11-23(6-3,13-15(5-2)22(26)29)21-16(14)12-19(27-28-21)20-17(24)8-7-9-18(20)25/h7-9,12,14-15H,4-6,10-11,13H2,1-3H3,(H2,26,29)/t14-,15+,23+/m0/s1. The molecule has 0 bridgehead atoms. The maximum atomic E-state index is 14.3. The predicted octanol–water partition coefficient (Wildman–Crippen LogP) is 5.26. The Morgan fingerprint density at radius 1 is 1.24 bits per heavy atom. The zero-order valence-electron chi connectivity index (χ0n) is 17.3. The molecule has 2 aromatic rings. The summed E-state index contributed by atoms with van der Waals surface area (Å²) in [5.41, 5.74) is 7.25. The molecule has 0 unspecified atom stereocenters. The van der Waals surface area contributed by atoms with Gasteiger partial charge in [-0.25, -0.2) is 8.78 Å². The summed E-state index contributed by atoms with van der Waals surface area (Å²) in [4.78, 5) is 11.9. The molecule has 0 spiro atoms. The zero-order chi connectivity index (χ0) is 21.2. The Labute approximate surface area is 170 Å². The van der Waals surface area contributed by atoms with E-state index in [9.17, 15) is 13.6 Å². The number of amides is 1. The number of halogens is 2. The predicted molar refractivity (Wildman–Crippen MR) is 109 cm³/mol. The van der Waals surface area contributed by atoms with Gasteiger partial charge < -0.3 is 5.73 Å². The smallest absolute Gasteiger partial charge is 0.220 e. The molecule has 1 aromatic heterocycles. The summed E-state index contributed by atoms with van der Waals surface area (Å²) >= 11 is 0. The molecule has 1 amide bonds. The number of carbonyl (C=O) groups excluding carboxylic acids is 1.